The monoisotopic (exact) mass is 888 g/mol. The van der Waals surface area contributed by atoms with E-state index < -0.39 is 35.5 Å². The summed E-state index contributed by atoms with van der Waals surface area (Å²) in [6, 6.07) is 18.5. The van der Waals surface area contributed by atoms with Crippen LogP contribution in [0.15, 0.2) is 72.3 Å². The number of ether oxygens (including phenoxy) is 3. The highest BCUT2D eigenvalue weighted by molar-refractivity contribution is 8.73. The standard InChI is InChI=1S/C16H20O5.C16H20O4.S10/c1-12(2)8-9-16(20,10-14(17)18)15(19)21-11-13-6-4-3-5-7-13;1-12(2)8-9-16(10-14(17)20-16)15(18)19-11-13-6-4-3-5-7-13;1-3-5-7-9-10-8-6-4-2/h3-8,20H,9-11H2,1-2H3,(H,17,18);3-7,12H,8-11H2,1-2H3;/t2*16-;/m11./s1. The first-order chi connectivity index (χ1) is 24.3. The number of cyclic esters (lactones) is 1. The number of carboxylic acid groups (broad SMARTS) is 1. The van der Waals surface area contributed by atoms with E-state index in [1.807, 2.05) is 36.4 Å². The maximum absolute atomic E-state index is 12.2. The lowest BCUT2D eigenvalue weighted by Gasteiger charge is -2.38. The predicted octanol–water partition coefficient (Wildman–Crippen LogP) is 5.12. The Morgan fingerprint density at radius 2 is 1.35 bits per heavy atom. The molecule has 19 heteroatoms. The molecule has 1 fully saturated rings. The predicted molar refractivity (Wildman–Crippen MR) is 225 cm³/mol. The summed E-state index contributed by atoms with van der Waals surface area (Å²) in [4.78, 5) is 46.2. The summed E-state index contributed by atoms with van der Waals surface area (Å²) in [6.45, 7) is 7.96. The maximum Gasteiger partial charge on any atom is 0.351 e. The zero-order valence-electron chi connectivity index (χ0n) is 28.2. The van der Waals surface area contributed by atoms with Gasteiger partial charge >= 0.3 is 23.9 Å². The second-order valence-corrected chi connectivity index (χ2v) is 25.5. The van der Waals surface area contributed by atoms with Crippen LogP contribution in [-0.2, 0) is 140 Å². The Morgan fingerprint density at radius 1 is 0.882 bits per heavy atom. The summed E-state index contributed by atoms with van der Waals surface area (Å²) in [6.07, 6.45) is 2.33. The number of carbonyl (C=O) groups is 4. The lowest BCUT2D eigenvalue weighted by Crippen LogP contribution is -2.54. The van der Waals surface area contributed by atoms with Crippen molar-refractivity contribution < 1.29 is 43.6 Å². The van der Waals surface area contributed by atoms with Crippen LogP contribution in [-0.4, -0.2) is 45.3 Å². The third kappa shape index (κ3) is 20.9. The van der Waals surface area contributed by atoms with E-state index in [-0.39, 0.29) is 32.0 Å². The van der Waals surface area contributed by atoms with E-state index in [2.05, 4.69) is 36.2 Å². The van der Waals surface area contributed by atoms with Crippen LogP contribution in [0.3, 0.4) is 0 Å². The van der Waals surface area contributed by atoms with E-state index in [0.29, 0.717) is 12.3 Å². The number of rotatable bonds is 13. The van der Waals surface area contributed by atoms with E-state index in [0.717, 1.165) is 23.1 Å². The van der Waals surface area contributed by atoms with Crippen molar-refractivity contribution in [2.75, 3.05) is 0 Å². The van der Waals surface area contributed by atoms with Crippen LogP contribution < -0.4 is 0 Å². The topological polar surface area (TPSA) is 136 Å². The van der Waals surface area contributed by atoms with Gasteiger partial charge in [0, 0.05) is 99.8 Å². The van der Waals surface area contributed by atoms with Crippen molar-refractivity contribution in [1.82, 2.24) is 0 Å². The largest absolute Gasteiger partial charge is 0.481 e. The van der Waals surface area contributed by atoms with Gasteiger partial charge in [0.25, 0.3) is 0 Å². The highest BCUT2D eigenvalue weighted by Crippen LogP contribution is 2.35. The molecule has 0 radical (unpaired) electrons. The van der Waals surface area contributed by atoms with Crippen LogP contribution in [0, 0.1) is 5.92 Å². The highest BCUT2D eigenvalue weighted by Gasteiger charge is 2.53. The molecule has 0 aromatic heterocycles. The molecule has 0 saturated carbocycles. The average Bonchev–Trinajstić information content (AvgIpc) is 3.09. The molecule has 282 valence electrons. The molecule has 2 atom stereocenters. The fraction of sp³-hybridized carbons (Fsp3) is 0.438. The smallest absolute Gasteiger partial charge is 0.351 e. The fourth-order valence-corrected chi connectivity index (χ4v) is 20.4. The zero-order chi connectivity index (χ0) is 38.1. The molecule has 2 N–H and O–H groups in total. The fourth-order valence-electron chi connectivity index (χ4n) is 3.95. The molecular weight excluding hydrogens is 849 g/mol. The minimum Gasteiger partial charge on any atom is -0.481 e. The molecule has 1 aliphatic rings. The zero-order valence-corrected chi connectivity index (χ0v) is 36.4. The third-order valence-electron chi connectivity index (χ3n) is 6.53. The van der Waals surface area contributed by atoms with Gasteiger partial charge in [-0.3, -0.25) is 9.59 Å². The molecule has 51 heavy (non-hydrogen) atoms. The first kappa shape index (κ1) is 47.2. The Bertz CT molecular complexity index is 1790. The molecule has 0 aliphatic carbocycles. The van der Waals surface area contributed by atoms with E-state index in [1.165, 1.54) is 17.8 Å². The number of carbonyl (C=O) groups excluding carboxylic acids is 3. The summed E-state index contributed by atoms with van der Waals surface area (Å²) in [5, 5.41) is 19.1. The Balaban J connectivity index is 0.000000407. The number of benzene rings is 2. The molecule has 0 spiro atoms. The van der Waals surface area contributed by atoms with Gasteiger partial charge in [-0.15, -0.1) is 0 Å². The van der Waals surface area contributed by atoms with E-state index in [9.17, 15) is 24.3 Å². The van der Waals surface area contributed by atoms with Gasteiger partial charge in [-0.05, 0) is 43.7 Å². The number of esters is 3. The van der Waals surface area contributed by atoms with E-state index in [1.54, 1.807) is 97.5 Å². The molecule has 1 heterocycles. The van der Waals surface area contributed by atoms with Gasteiger partial charge in [-0.1, -0.05) is 86.2 Å². The van der Waals surface area contributed by atoms with Gasteiger partial charge in [0.05, 0.1) is 12.8 Å². The second-order valence-electron chi connectivity index (χ2n) is 11.3. The van der Waals surface area contributed by atoms with Gasteiger partial charge in [-0.2, -0.15) is 0 Å². The minimum atomic E-state index is -2.04. The lowest BCUT2D eigenvalue weighted by molar-refractivity contribution is -0.210. The number of carboxylic acids is 1. The molecule has 0 amide bonds. The van der Waals surface area contributed by atoms with Crippen LogP contribution in [0.4, 0.5) is 0 Å². The molecule has 1 aliphatic heterocycles. The quantitative estimate of drug-likeness (QED) is 0.158. The minimum absolute atomic E-state index is 0.00355. The summed E-state index contributed by atoms with van der Waals surface area (Å²) in [5.74, 6) is -2.48. The second kappa shape index (κ2) is 26.9. The highest BCUT2D eigenvalue weighted by atomic mass is 33.4. The number of allylic oxidation sites excluding steroid dienone is 1. The molecule has 2 aromatic rings. The molecular formula is C32H40O9S10. The third-order valence-corrected chi connectivity index (χ3v) is 22.1. The van der Waals surface area contributed by atoms with E-state index >= 15 is 0 Å². The summed E-state index contributed by atoms with van der Waals surface area (Å²) >= 11 is 9.31. The van der Waals surface area contributed by atoms with Gasteiger partial charge in [0.15, 0.2) is 5.60 Å². The molecule has 0 unspecified atom stereocenters. The Hall–Kier alpha value is -1.78. The first-order valence-electron chi connectivity index (χ1n) is 15.1. The van der Waals surface area contributed by atoms with Crippen molar-refractivity contribution in [3.63, 3.8) is 0 Å². The number of aliphatic carboxylic acids is 1. The lowest BCUT2D eigenvalue weighted by atomic mass is 9.86. The van der Waals surface area contributed by atoms with E-state index in [4.69, 9.17) is 19.3 Å². The van der Waals surface area contributed by atoms with Crippen molar-refractivity contribution >= 4 is 117 Å². The van der Waals surface area contributed by atoms with Crippen molar-refractivity contribution in [3.8, 4) is 0 Å². The Kier molecular flexibility index (Phi) is 24.9. The number of hydrogen-bond acceptors (Lipinski definition) is 10. The number of aliphatic hydroxyl groups is 1. The van der Waals surface area contributed by atoms with Crippen molar-refractivity contribution in [2.45, 2.75) is 84.2 Å². The normalized spacial score (nSPS) is 15.1. The van der Waals surface area contributed by atoms with Crippen LogP contribution in [0.2, 0.25) is 0 Å². The van der Waals surface area contributed by atoms with Gasteiger partial charge in [0.2, 0.25) is 5.60 Å². The van der Waals surface area contributed by atoms with Crippen molar-refractivity contribution in [1.29, 1.82) is 0 Å². The Labute approximate surface area is 331 Å². The van der Waals surface area contributed by atoms with Crippen LogP contribution in [0.1, 0.15) is 70.9 Å². The van der Waals surface area contributed by atoms with Gasteiger partial charge < -0.3 is 24.4 Å². The number of hydrogen-bond donors (Lipinski definition) is 2. The van der Waals surface area contributed by atoms with Crippen molar-refractivity contribution in [3.05, 3.63) is 83.4 Å². The average molecular weight is 889 g/mol. The van der Waals surface area contributed by atoms with Crippen LogP contribution in [0.25, 0.3) is 0 Å². The van der Waals surface area contributed by atoms with Crippen LogP contribution >= 0.6 is 0 Å². The van der Waals surface area contributed by atoms with Crippen molar-refractivity contribution in [2.24, 2.45) is 5.92 Å². The molecule has 2 aromatic carbocycles. The van der Waals surface area contributed by atoms with Gasteiger partial charge in [-0.25, -0.2) is 9.59 Å². The Morgan fingerprint density at radius 3 is 1.76 bits per heavy atom. The summed E-state index contributed by atoms with van der Waals surface area (Å²) < 4.78 is 15.5. The molecule has 3 rings (SSSR count). The van der Waals surface area contributed by atoms with Crippen LogP contribution in [0.5, 0.6) is 0 Å². The molecule has 0 bridgehead atoms. The van der Waals surface area contributed by atoms with Gasteiger partial charge in [0.1, 0.15) is 13.2 Å². The first-order valence-corrected chi connectivity index (χ1v) is 27.1. The summed E-state index contributed by atoms with van der Waals surface area (Å²) in [7, 11) is 12.7. The molecule has 9 nitrogen and oxygen atoms in total. The molecule has 1 saturated heterocycles. The maximum atomic E-state index is 12.2. The summed E-state index contributed by atoms with van der Waals surface area (Å²) in [5.41, 5.74) is -0.514. The SMILES string of the molecule is CC(C)=CC[C@@](O)(CC(=O)O)C(=O)OCc1ccccc1.CC(C)CC[C@]1(C(=O)OCc2ccccc2)CC(=O)O1.S=S=S=S=S=S=S=S=S=S.